The van der Waals surface area contributed by atoms with Crippen molar-refractivity contribution >= 4 is 15.9 Å². The van der Waals surface area contributed by atoms with E-state index in [-0.39, 0.29) is 0 Å². The summed E-state index contributed by atoms with van der Waals surface area (Å²) in [6.07, 6.45) is 0. The van der Waals surface area contributed by atoms with Crippen LogP contribution in [-0.2, 0) is 18.0 Å². The molecule has 1 aliphatic rings. The van der Waals surface area contributed by atoms with Gasteiger partial charge in [-0.15, -0.1) is 10.2 Å². The molecule has 116 valence electrons. The van der Waals surface area contributed by atoms with Crippen molar-refractivity contribution < 1.29 is 9.47 Å². The molecule has 0 saturated heterocycles. The van der Waals surface area contributed by atoms with E-state index < -0.39 is 0 Å². The van der Waals surface area contributed by atoms with Crippen molar-refractivity contribution in [3.05, 3.63) is 58.3 Å². The molecule has 0 spiro atoms. The van der Waals surface area contributed by atoms with Crippen LogP contribution in [0.15, 0.2) is 46.9 Å². The summed E-state index contributed by atoms with van der Waals surface area (Å²) in [5, 5.41) is 8.67. The van der Waals surface area contributed by atoms with Crippen LogP contribution in [0.2, 0.25) is 0 Å². The van der Waals surface area contributed by atoms with Gasteiger partial charge in [-0.1, -0.05) is 28.1 Å². The number of halogens is 1. The molecule has 23 heavy (non-hydrogen) atoms. The van der Waals surface area contributed by atoms with E-state index in [4.69, 9.17) is 9.47 Å². The zero-order valence-corrected chi connectivity index (χ0v) is 14.1. The summed E-state index contributed by atoms with van der Waals surface area (Å²) in [6, 6.07) is 14.0. The minimum absolute atomic E-state index is 0.431. The Labute approximate surface area is 142 Å². The fourth-order valence-electron chi connectivity index (χ4n) is 2.72. The molecule has 1 aliphatic heterocycles. The average molecular weight is 372 g/mol. The molecule has 6 heteroatoms. The van der Waals surface area contributed by atoms with Crippen molar-refractivity contribution in [3.8, 4) is 22.8 Å². The summed E-state index contributed by atoms with van der Waals surface area (Å²) in [7, 11) is 1.66. The Morgan fingerprint density at radius 1 is 1.09 bits per heavy atom. The number of methoxy groups -OCH3 is 1. The number of nitrogens with zero attached hydrogens (tertiary/aromatic N) is 3. The molecule has 0 fully saturated rings. The highest BCUT2D eigenvalue weighted by atomic mass is 79.9. The standard InChI is InChI=1S/C17H14BrN3O2/c1-22-14-6-7-15-12(8-14)9-23-10-16-19-20-17(21(15)16)11-2-4-13(18)5-3-11/h2-8H,9-10H2,1H3. The molecule has 0 amide bonds. The molecule has 0 atom stereocenters. The van der Waals surface area contributed by atoms with Crippen LogP contribution in [-0.4, -0.2) is 21.9 Å². The largest absolute Gasteiger partial charge is 0.497 e. The Bertz CT molecular complexity index is 859. The molecule has 5 nitrogen and oxygen atoms in total. The molecule has 0 saturated carbocycles. The van der Waals surface area contributed by atoms with Crippen molar-refractivity contribution in [2.45, 2.75) is 13.2 Å². The van der Waals surface area contributed by atoms with Crippen LogP contribution in [0.3, 0.4) is 0 Å². The van der Waals surface area contributed by atoms with Crippen LogP contribution in [0.5, 0.6) is 5.75 Å². The van der Waals surface area contributed by atoms with Crippen molar-refractivity contribution in [2.75, 3.05) is 7.11 Å². The van der Waals surface area contributed by atoms with Crippen LogP contribution in [0.1, 0.15) is 11.4 Å². The number of rotatable bonds is 2. The zero-order valence-electron chi connectivity index (χ0n) is 12.5. The van der Waals surface area contributed by atoms with Crippen LogP contribution >= 0.6 is 15.9 Å². The highest BCUT2D eigenvalue weighted by Crippen LogP contribution is 2.30. The molecule has 0 aliphatic carbocycles. The number of ether oxygens (including phenoxy) is 2. The molecule has 1 aromatic heterocycles. The molecule has 3 aromatic rings. The van der Waals surface area contributed by atoms with Crippen molar-refractivity contribution in [1.29, 1.82) is 0 Å². The first-order valence-corrected chi connectivity index (χ1v) is 8.01. The Hall–Kier alpha value is -2.18. The molecule has 2 aromatic carbocycles. The van der Waals surface area contributed by atoms with Gasteiger partial charge in [0.15, 0.2) is 11.6 Å². The van der Waals surface area contributed by atoms with Gasteiger partial charge in [0, 0.05) is 15.6 Å². The lowest BCUT2D eigenvalue weighted by molar-refractivity contribution is 0.105. The summed E-state index contributed by atoms with van der Waals surface area (Å²) >= 11 is 3.46. The van der Waals surface area contributed by atoms with Gasteiger partial charge >= 0.3 is 0 Å². The van der Waals surface area contributed by atoms with E-state index in [1.807, 2.05) is 42.5 Å². The van der Waals surface area contributed by atoms with E-state index in [1.165, 1.54) is 0 Å². The predicted octanol–water partition coefficient (Wildman–Crippen LogP) is 3.74. The lowest BCUT2D eigenvalue weighted by atomic mass is 10.1. The highest BCUT2D eigenvalue weighted by molar-refractivity contribution is 9.10. The second-order valence-corrected chi connectivity index (χ2v) is 6.19. The second kappa shape index (κ2) is 5.79. The SMILES string of the molecule is COc1ccc2c(c1)COCc1nnc(-c3ccc(Br)cc3)n1-2. The predicted molar refractivity (Wildman–Crippen MR) is 89.5 cm³/mol. The van der Waals surface area contributed by atoms with Crippen LogP contribution < -0.4 is 4.74 Å². The maximum absolute atomic E-state index is 5.73. The smallest absolute Gasteiger partial charge is 0.168 e. The molecule has 4 rings (SSSR count). The lowest BCUT2D eigenvalue weighted by Crippen LogP contribution is -2.03. The van der Waals surface area contributed by atoms with Gasteiger partial charge in [-0.2, -0.15) is 0 Å². The quantitative estimate of drug-likeness (QED) is 0.688. The third-order valence-electron chi connectivity index (χ3n) is 3.85. The third kappa shape index (κ3) is 2.54. The normalized spacial score (nSPS) is 13.1. The highest BCUT2D eigenvalue weighted by Gasteiger charge is 2.21. The van der Waals surface area contributed by atoms with E-state index in [0.29, 0.717) is 13.2 Å². The van der Waals surface area contributed by atoms with Crippen molar-refractivity contribution in [3.63, 3.8) is 0 Å². The van der Waals surface area contributed by atoms with Crippen LogP contribution in [0, 0.1) is 0 Å². The first-order chi connectivity index (χ1) is 11.3. The monoisotopic (exact) mass is 371 g/mol. The summed E-state index contributed by atoms with van der Waals surface area (Å²) in [4.78, 5) is 0. The number of hydrogen-bond donors (Lipinski definition) is 0. The number of hydrogen-bond acceptors (Lipinski definition) is 4. The minimum atomic E-state index is 0.431. The van der Waals surface area contributed by atoms with Crippen LogP contribution in [0.25, 0.3) is 17.1 Å². The number of fused-ring (bicyclic) bond motifs is 3. The fraction of sp³-hybridized carbons (Fsp3) is 0.176. The van der Waals surface area contributed by atoms with Gasteiger partial charge in [-0.25, -0.2) is 0 Å². The number of benzene rings is 2. The van der Waals surface area contributed by atoms with Gasteiger partial charge in [-0.05, 0) is 30.3 Å². The maximum atomic E-state index is 5.73. The van der Waals surface area contributed by atoms with Crippen LogP contribution in [0.4, 0.5) is 0 Å². The maximum Gasteiger partial charge on any atom is 0.168 e. The molecule has 2 heterocycles. The van der Waals surface area contributed by atoms with Gasteiger partial charge < -0.3 is 9.47 Å². The third-order valence-corrected chi connectivity index (χ3v) is 4.38. The van der Waals surface area contributed by atoms with Gasteiger partial charge in [-0.3, -0.25) is 4.57 Å². The van der Waals surface area contributed by atoms with E-state index in [9.17, 15) is 0 Å². The zero-order chi connectivity index (χ0) is 15.8. The summed E-state index contributed by atoms with van der Waals surface area (Å²) in [5.41, 5.74) is 3.10. The van der Waals surface area contributed by atoms with Gasteiger partial charge in [0.25, 0.3) is 0 Å². The topological polar surface area (TPSA) is 49.2 Å². The van der Waals surface area contributed by atoms with Crippen molar-refractivity contribution in [2.24, 2.45) is 0 Å². The van der Waals surface area contributed by atoms with Gasteiger partial charge in [0.1, 0.15) is 12.4 Å². The first-order valence-electron chi connectivity index (χ1n) is 7.21. The molecule has 0 bridgehead atoms. The van der Waals surface area contributed by atoms with E-state index in [2.05, 4.69) is 30.7 Å². The Morgan fingerprint density at radius 3 is 2.70 bits per heavy atom. The van der Waals surface area contributed by atoms with Crippen molar-refractivity contribution in [1.82, 2.24) is 14.8 Å². The molecular weight excluding hydrogens is 358 g/mol. The second-order valence-electron chi connectivity index (χ2n) is 5.27. The molecule has 0 N–H and O–H groups in total. The van der Waals surface area contributed by atoms with E-state index in [0.717, 1.165) is 38.7 Å². The molecule has 0 unspecified atom stereocenters. The summed E-state index contributed by atoms with van der Waals surface area (Å²) in [6.45, 7) is 0.955. The molecule has 0 radical (unpaired) electrons. The number of aromatic nitrogens is 3. The van der Waals surface area contributed by atoms with Gasteiger partial charge in [0.2, 0.25) is 0 Å². The summed E-state index contributed by atoms with van der Waals surface area (Å²) in [5.74, 6) is 2.42. The fourth-order valence-corrected chi connectivity index (χ4v) is 2.99. The average Bonchev–Trinajstić information content (AvgIpc) is 2.90. The van der Waals surface area contributed by atoms with E-state index >= 15 is 0 Å². The Morgan fingerprint density at radius 2 is 1.91 bits per heavy atom. The lowest BCUT2D eigenvalue weighted by Gasteiger charge is -2.12. The van der Waals surface area contributed by atoms with E-state index in [1.54, 1.807) is 7.11 Å². The van der Waals surface area contributed by atoms with Gasteiger partial charge in [0.05, 0.1) is 19.4 Å². The summed E-state index contributed by atoms with van der Waals surface area (Å²) < 4.78 is 14.1. The molecular formula is C17H14BrN3O2. The Kier molecular flexibility index (Phi) is 3.63. The first kappa shape index (κ1) is 14.4. The minimum Gasteiger partial charge on any atom is -0.497 e. The Balaban J connectivity index is 1.91.